The van der Waals surface area contributed by atoms with Crippen LogP contribution in [0, 0.1) is 5.92 Å². The molecule has 2 aromatic rings. The Kier molecular flexibility index (Phi) is 3.79. The van der Waals surface area contributed by atoms with E-state index in [2.05, 4.69) is 9.88 Å². The summed E-state index contributed by atoms with van der Waals surface area (Å²) >= 11 is 0. The van der Waals surface area contributed by atoms with Gasteiger partial charge in [-0.2, -0.15) is 0 Å². The van der Waals surface area contributed by atoms with Gasteiger partial charge in [0.15, 0.2) is 5.69 Å². The largest absolute Gasteiger partial charge is 0.461 e. The van der Waals surface area contributed by atoms with Gasteiger partial charge in [-0.15, -0.1) is 0 Å². The molecule has 2 aromatic heterocycles. The lowest BCUT2D eigenvalue weighted by Crippen LogP contribution is -2.20. The minimum absolute atomic E-state index is 0.231. The van der Waals surface area contributed by atoms with E-state index < -0.39 is 0 Å². The third-order valence-corrected chi connectivity index (χ3v) is 3.89. The Bertz CT molecular complexity index is 653. The molecule has 6 heteroatoms. The molecule has 112 valence electrons. The molecule has 3 heterocycles. The number of anilines is 1. The van der Waals surface area contributed by atoms with Crippen LogP contribution in [0.1, 0.15) is 23.8 Å². The molecule has 0 spiro atoms. The van der Waals surface area contributed by atoms with Gasteiger partial charge in [0.2, 0.25) is 0 Å². The van der Waals surface area contributed by atoms with E-state index in [1.54, 1.807) is 11.3 Å². The first kappa shape index (κ1) is 13.9. The van der Waals surface area contributed by atoms with Crippen molar-refractivity contribution in [2.45, 2.75) is 13.3 Å². The van der Waals surface area contributed by atoms with Crippen LogP contribution in [0.4, 0.5) is 5.69 Å². The minimum atomic E-state index is -0.362. The van der Waals surface area contributed by atoms with Crippen molar-refractivity contribution in [1.29, 1.82) is 0 Å². The lowest BCUT2D eigenvalue weighted by Gasteiger charge is -2.18. The van der Waals surface area contributed by atoms with E-state index in [9.17, 15) is 9.90 Å². The predicted octanol–water partition coefficient (Wildman–Crippen LogP) is 1.33. The number of aliphatic hydroxyl groups is 1. The second kappa shape index (κ2) is 5.73. The number of rotatable bonds is 4. The van der Waals surface area contributed by atoms with Gasteiger partial charge < -0.3 is 14.7 Å². The summed E-state index contributed by atoms with van der Waals surface area (Å²) in [5, 5.41) is 9.22. The second-order valence-corrected chi connectivity index (χ2v) is 5.26. The van der Waals surface area contributed by atoms with Crippen molar-refractivity contribution in [3.05, 3.63) is 30.2 Å². The fraction of sp³-hybridized carbons (Fsp3) is 0.467. The number of hydrogen-bond acceptors (Lipinski definition) is 5. The van der Waals surface area contributed by atoms with Crippen LogP contribution in [0.2, 0.25) is 0 Å². The maximum absolute atomic E-state index is 11.8. The number of fused-ring (bicyclic) bond motifs is 1. The van der Waals surface area contributed by atoms with E-state index >= 15 is 0 Å². The third-order valence-electron chi connectivity index (χ3n) is 3.89. The summed E-state index contributed by atoms with van der Waals surface area (Å²) in [6.45, 7) is 4.16. The standard InChI is InChI=1S/C15H19N3O3/c1-2-21-15(20)13-8-16-14-7-12(4-6-18(13)14)17-5-3-11(9-17)10-19/h4,6-8,11,19H,2-3,5,9-10H2,1H3/t11-/m0/s1. The fourth-order valence-electron chi connectivity index (χ4n) is 2.74. The third kappa shape index (κ3) is 2.58. The molecule has 0 bridgehead atoms. The zero-order chi connectivity index (χ0) is 14.8. The van der Waals surface area contributed by atoms with Crippen molar-refractivity contribution >= 4 is 17.3 Å². The normalized spacial score (nSPS) is 18.4. The number of esters is 1. The van der Waals surface area contributed by atoms with E-state index in [4.69, 9.17) is 4.74 Å². The van der Waals surface area contributed by atoms with Gasteiger partial charge in [-0.3, -0.25) is 4.40 Å². The number of aromatic nitrogens is 2. The van der Waals surface area contributed by atoms with E-state index in [-0.39, 0.29) is 12.6 Å². The van der Waals surface area contributed by atoms with Crippen LogP contribution < -0.4 is 4.90 Å². The highest BCUT2D eigenvalue weighted by molar-refractivity contribution is 5.88. The van der Waals surface area contributed by atoms with Crippen molar-refractivity contribution in [3.8, 4) is 0 Å². The molecule has 0 aliphatic carbocycles. The number of nitrogens with zero attached hydrogens (tertiary/aromatic N) is 3. The molecule has 1 saturated heterocycles. The molecule has 1 aliphatic heterocycles. The first-order valence-electron chi connectivity index (χ1n) is 7.23. The van der Waals surface area contributed by atoms with E-state index in [1.807, 2.05) is 18.3 Å². The quantitative estimate of drug-likeness (QED) is 0.860. The molecule has 0 saturated carbocycles. The van der Waals surface area contributed by atoms with Crippen molar-refractivity contribution < 1.29 is 14.6 Å². The van der Waals surface area contributed by atoms with Gasteiger partial charge in [-0.1, -0.05) is 0 Å². The van der Waals surface area contributed by atoms with Crippen molar-refractivity contribution in [2.24, 2.45) is 5.92 Å². The van der Waals surface area contributed by atoms with Gasteiger partial charge in [0.25, 0.3) is 0 Å². The van der Waals surface area contributed by atoms with Crippen LogP contribution in [0.5, 0.6) is 0 Å². The number of carbonyl (C=O) groups excluding carboxylic acids is 1. The Morgan fingerprint density at radius 1 is 1.57 bits per heavy atom. The lowest BCUT2D eigenvalue weighted by atomic mass is 10.1. The van der Waals surface area contributed by atoms with Gasteiger partial charge in [0.1, 0.15) is 5.65 Å². The molecule has 3 rings (SSSR count). The van der Waals surface area contributed by atoms with Gasteiger partial charge >= 0.3 is 5.97 Å². The maximum Gasteiger partial charge on any atom is 0.356 e. The zero-order valence-corrected chi connectivity index (χ0v) is 12.0. The number of hydrogen-bond donors (Lipinski definition) is 1. The fourth-order valence-corrected chi connectivity index (χ4v) is 2.74. The molecule has 1 fully saturated rings. The maximum atomic E-state index is 11.8. The van der Waals surface area contributed by atoms with Crippen LogP contribution in [-0.4, -0.2) is 46.8 Å². The number of ether oxygens (including phenoxy) is 1. The van der Waals surface area contributed by atoms with Crippen LogP contribution in [0.25, 0.3) is 5.65 Å². The van der Waals surface area contributed by atoms with Gasteiger partial charge in [-0.05, 0) is 19.4 Å². The molecule has 21 heavy (non-hydrogen) atoms. The topological polar surface area (TPSA) is 67.1 Å². The molecule has 1 N–H and O–H groups in total. The van der Waals surface area contributed by atoms with Crippen LogP contribution in [-0.2, 0) is 4.74 Å². The molecule has 1 aliphatic rings. The molecular weight excluding hydrogens is 270 g/mol. The van der Waals surface area contributed by atoms with Crippen molar-refractivity contribution in [1.82, 2.24) is 9.38 Å². The molecule has 6 nitrogen and oxygen atoms in total. The van der Waals surface area contributed by atoms with Crippen molar-refractivity contribution in [2.75, 3.05) is 31.2 Å². The predicted molar refractivity (Wildman–Crippen MR) is 78.6 cm³/mol. The van der Waals surface area contributed by atoms with Gasteiger partial charge in [-0.25, -0.2) is 9.78 Å². The summed E-state index contributed by atoms with van der Waals surface area (Å²) in [6, 6.07) is 3.93. The summed E-state index contributed by atoms with van der Waals surface area (Å²) in [7, 11) is 0. The van der Waals surface area contributed by atoms with Crippen molar-refractivity contribution in [3.63, 3.8) is 0 Å². The summed E-state index contributed by atoms with van der Waals surface area (Å²) in [4.78, 5) is 18.3. The lowest BCUT2D eigenvalue weighted by molar-refractivity contribution is 0.0518. The molecular formula is C15H19N3O3. The Morgan fingerprint density at radius 3 is 3.14 bits per heavy atom. The first-order valence-corrected chi connectivity index (χ1v) is 7.23. The highest BCUT2D eigenvalue weighted by Crippen LogP contribution is 2.24. The monoisotopic (exact) mass is 289 g/mol. The smallest absolute Gasteiger partial charge is 0.356 e. The van der Waals surface area contributed by atoms with Crippen LogP contribution in [0.15, 0.2) is 24.5 Å². The summed E-state index contributed by atoms with van der Waals surface area (Å²) in [6.07, 6.45) is 4.39. The average Bonchev–Trinajstić information content (AvgIpc) is 3.13. The molecule has 0 unspecified atom stereocenters. The number of imidazole rings is 1. The summed E-state index contributed by atoms with van der Waals surface area (Å²) in [5.41, 5.74) is 2.23. The number of carbonyl (C=O) groups is 1. The summed E-state index contributed by atoms with van der Waals surface area (Å²) < 4.78 is 6.75. The second-order valence-electron chi connectivity index (χ2n) is 5.26. The highest BCUT2D eigenvalue weighted by Gasteiger charge is 2.22. The molecule has 0 radical (unpaired) electrons. The Labute approximate surface area is 123 Å². The van der Waals surface area contributed by atoms with Crippen LogP contribution in [0.3, 0.4) is 0 Å². The Morgan fingerprint density at radius 2 is 2.43 bits per heavy atom. The van der Waals surface area contributed by atoms with Gasteiger partial charge in [0.05, 0.1) is 12.8 Å². The summed E-state index contributed by atoms with van der Waals surface area (Å²) in [5.74, 6) is -0.0182. The van der Waals surface area contributed by atoms with E-state index in [0.717, 1.165) is 30.8 Å². The zero-order valence-electron chi connectivity index (χ0n) is 12.0. The average molecular weight is 289 g/mol. The molecule has 0 amide bonds. The minimum Gasteiger partial charge on any atom is -0.461 e. The number of pyridine rings is 1. The highest BCUT2D eigenvalue weighted by atomic mass is 16.5. The number of aliphatic hydroxyl groups excluding tert-OH is 1. The van der Waals surface area contributed by atoms with Crippen LogP contribution >= 0.6 is 0 Å². The van der Waals surface area contributed by atoms with E-state index in [0.29, 0.717) is 18.2 Å². The molecule has 0 aromatic carbocycles. The first-order chi connectivity index (χ1) is 10.2. The molecule has 1 atom stereocenters. The van der Waals surface area contributed by atoms with Gasteiger partial charge in [0, 0.05) is 43.6 Å². The van der Waals surface area contributed by atoms with E-state index in [1.165, 1.54) is 6.20 Å². The Balaban J connectivity index is 1.87. The SMILES string of the molecule is CCOC(=O)c1cnc2cc(N3CC[C@H](CO)C3)ccn12. The Hall–Kier alpha value is -2.08.